The smallest absolute Gasteiger partial charge is 0.284 e. The van der Waals surface area contributed by atoms with Crippen molar-refractivity contribution >= 4 is 5.91 Å². The summed E-state index contributed by atoms with van der Waals surface area (Å²) in [5.41, 5.74) is 5.87. The molecule has 2 rings (SSSR count). The average molecular weight is 191 g/mol. The Morgan fingerprint density at radius 1 is 1.29 bits per heavy atom. The molecule has 1 amide bonds. The molecule has 4 nitrogen and oxygen atoms in total. The number of hydrogen-bond donors (Lipinski definition) is 1. The minimum Gasteiger partial charge on any atom is -0.469 e. The van der Waals surface area contributed by atoms with Crippen LogP contribution >= 0.6 is 0 Å². The predicted molar refractivity (Wildman–Crippen MR) is 48.7 cm³/mol. The molecule has 14 heavy (non-hydrogen) atoms. The molecule has 4 heteroatoms. The van der Waals surface area contributed by atoms with Crippen molar-refractivity contribution in [1.82, 2.24) is 0 Å². The second-order valence-electron chi connectivity index (χ2n) is 2.90. The predicted octanol–water partition coefficient (Wildman–Crippen LogP) is 1.56. The summed E-state index contributed by atoms with van der Waals surface area (Å²) in [6.45, 7) is 0. The average Bonchev–Trinajstić information content (AvgIpc) is 2.75. The van der Waals surface area contributed by atoms with Gasteiger partial charge in [0.15, 0.2) is 5.76 Å². The maximum Gasteiger partial charge on any atom is 0.284 e. The number of primary amides is 1. The number of carbonyl (C=O) groups excluding carboxylic acids is 1. The van der Waals surface area contributed by atoms with Crippen molar-refractivity contribution in [2.45, 2.75) is 6.42 Å². The van der Waals surface area contributed by atoms with Crippen molar-refractivity contribution in [3.05, 3.63) is 47.8 Å². The van der Waals surface area contributed by atoms with Crippen LogP contribution < -0.4 is 5.73 Å². The molecule has 0 bridgehead atoms. The van der Waals surface area contributed by atoms with E-state index in [1.165, 1.54) is 6.26 Å². The topological polar surface area (TPSA) is 69.4 Å². The molecule has 0 aliphatic carbocycles. The molecule has 0 fully saturated rings. The number of carbonyl (C=O) groups is 1. The van der Waals surface area contributed by atoms with Crippen molar-refractivity contribution in [3.63, 3.8) is 0 Å². The first kappa shape index (κ1) is 8.62. The van der Waals surface area contributed by atoms with Gasteiger partial charge in [-0.25, -0.2) is 0 Å². The van der Waals surface area contributed by atoms with Crippen LogP contribution in [-0.2, 0) is 6.42 Å². The first-order valence-electron chi connectivity index (χ1n) is 4.16. The largest absolute Gasteiger partial charge is 0.469 e. The molecular formula is C10H9NO3. The van der Waals surface area contributed by atoms with Crippen LogP contribution in [0.1, 0.15) is 21.9 Å². The molecule has 0 saturated heterocycles. The van der Waals surface area contributed by atoms with Crippen LogP contribution in [0, 0.1) is 0 Å². The Morgan fingerprint density at radius 2 is 2.14 bits per heavy atom. The summed E-state index contributed by atoms with van der Waals surface area (Å²) < 4.78 is 10.1. The van der Waals surface area contributed by atoms with E-state index in [0.717, 1.165) is 11.3 Å². The zero-order chi connectivity index (χ0) is 9.97. The fraction of sp³-hybridized carbons (Fsp3) is 0.100. The molecule has 0 radical (unpaired) electrons. The van der Waals surface area contributed by atoms with Gasteiger partial charge in [0, 0.05) is 12.0 Å². The van der Waals surface area contributed by atoms with E-state index in [2.05, 4.69) is 0 Å². The van der Waals surface area contributed by atoms with Crippen LogP contribution in [0.5, 0.6) is 0 Å². The van der Waals surface area contributed by atoms with E-state index in [-0.39, 0.29) is 5.76 Å². The highest BCUT2D eigenvalue weighted by atomic mass is 16.3. The number of amides is 1. The quantitative estimate of drug-likeness (QED) is 0.800. The van der Waals surface area contributed by atoms with Crippen LogP contribution in [0.4, 0.5) is 0 Å². The molecule has 0 unspecified atom stereocenters. The molecule has 2 heterocycles. The molecule has 0 aliphatic heterocycles. The lowest BCUT2D eigenvalue weighted by Crippen LogP contribution is -2.11. The summed E-state index contributed by atoms with van der Waals surface area (Å²) in [6.07, 6.45) is 3.54. The van der Waals surface area contributed by atoms with Gasteiger partial charge in [-0.1, -0.05) is 0 Å². The van der Waals surface area contributed by atoms with Gasteiger partial charge in [0.25, 0.3) is 5.91 Å². The number of furan rings is 2. The van der Waals surface area contributed by atoms with Gasteiger partial charge in [0.1, 0.15) is 5.76 Å². The second kappa shape index (κ2) is 3.41. The summed E-state index contributed by atoms with van der Waals surface area (Å²) >= 11 is 0. The fourth-order valence-electron chi connectivity index (χ4n) is 1.29. The van der Waals surface area contributed by atoms with Gasteiger partial charge in [0.05, 0.1) is 12.5 Å². The summed E-state index contributed by atoms with van der Waals surface area (Å²) in [5, 5.41) is 0. The fourth-order valence-corrected chi connectivity index (χ4v) is 1.29. The monoisotopic (exact) mass is 191 g/mol. The molecule has 2 aromatic heterocycles. The third-order valence-corrected chi connectivity index (χ3v) is 1.92. The van der Waals surface area contributed by atoms with Crippen molar-refractivity contribution < 1.29 is 13.6 Å². The van der Waals surface area contributed by atoms with E-state index in [1.54, 1.807) is 18.4 Å². The lowest BCUT2D eigenvalue weighted by Gasteiger charge is -1.95. The lowest BCUT2D eigenvalue weighted by atomic mass is 10.1. The Hall–Kier alpha value is -1.97. The molecule has 0 aliphatic rings. The molecule has 0 saturated carbocycles. The van der Waals surface area contributed by atoms with Crippen molar-refractivity contribution in [2.24, 2.45) is 5.73 Å². The minimum atomic E-state index is -0.559. The minimum absolute atomic E-state index is 0.196. The third-order valence-electron chi connectivity index (χ3n) is 1.92. The first-order chi connectivity index (χ1) is 6.77. The molecule has 0 spiro atoms. The highest BCUT2D eigenvalue weighted by Gasteiger charge is 2.12. The van der Waals surface area contributed by atoms with Gasteiger partial charge in [-0.2, -0.15) is 0 Å². The third kappa shape index (κ3) is 1.54. The Kier molecular flexibility index (Phi) is 2.10. The Morgan fingerprint density at radius 3 is 2.79 bits per heavy atom. The zero-order valence-electron chi connectivity index (χ0n) is 7.40. The van der Waals surface area contributed by atoms with Gasteiger partial charge in [-0.15, -0.1) is 0 Å². The summed E-state index contributed by atoms with van der Waals surface area (Å²) in [7, 11) is 0. The van der Waals surface area contributed by atoms with Crippen LogP contribution in [0.2, 0.25) is 0 Å². The number of hydrogen-bond acceptors (Lipinski definition) is 3. The number of nitrogens with two attached hydrogens (primary N) is 1. The highest BCUT2D eigenvalue weighted by Crippen LogP contribution is 2.15. The first-order valence-corrected chi connectivity index (χ1v) is 4.16. The Balaban J connectivity index is 2.25. The van der Waals surface area contributed by atoms with Crippen LogP contribution in [-0.4, -0.2) is 5.91 Å². The van der Waals surface area contributed by atoms with Crippen LogP contribution in [0.3, 0.4) is 0 Å². The standard InChI is InChI=1S/C10H9NO3/c11-10(12)9-7(3-5-14-9)6-8-2-1-4-13-8/h1-5H,6H2,(H2,11,12). The van der Waals surface area contributed by atoms with Gasteiger partial charge in [-0.3, -0.25) is 4.79 Å². The van der Waals surface area contributed by atoms with Crippen LogP contribution in [0.25, 0.3) is 0 Å². The van der Waals surface area contributed by atoms with E-state index in [1.807, 2.05) is 6.07 Å². The van der Waals surface area contributed by atoms with Crippen molar-refractivity contribution in [1.29, 1.82) is 0 Å². The highest BCUT2D eigenvalue weighted by molar-refractivity contribution is 5.91. The number of rotatable bonds is 3. The van der Waals surface area contributed by atoms with Crippen molar-refractivity contribution in [3.8, 4) is 0 Å². The van der Waals surface area contributed by atoms with Crippen molar-refractivity contribution in [2.75, 3.05) is 0 Å². The normalized spacial score (nSPS) is 10.3. The van der Waals surface area contributed by atoms with Gasteiger partial charge in [0.2, 0.25) is 0 Å². The molecule has 0 atom stereocenters. The Bertz CT molecular complexity index is 428. The SMILES string of the molecule is NC(=O)c1occc1Cc1ccco1. The van der Waals surface area contributed by atoms with E-state index in [4.69, 9.17) is 14.6 Å². The summed E-state index contributed by atoms with van der Waals surface area (Å²) in [4.78, 5) is 10.9. The molecule has 2 N–H and O–H groups in total. The summed E-state index contributed by atoms with van der Waals surface area (Å²) in [6, 6.07) is 5.33. The van der Waals surface area contributed by atoms with Gasteiger partial charge < -0.3 is 14.6 Å². The lowest BCUT2D eigenvalue weighted by molar-refractivity contribution is 0.0973. The van der Waals surface area contributed by atoms with E-state index >= 15 is 0 Å². The summed E-state index contributed by atoms with van der Waals surface area (Å²) in [5.74, 6) is 0.409. The molecule has 2 aromatic rings. The van der Waals surface area contributed by atoms with E-state index < -0.39 is 5.91 Å². The maximum absolute atomic E-state index is 10.9. The van der Waals surface area contributed by atoms with Gasteiger partial charge in [-0.05, 0) is 18.2 Å². The zero-order valence-corrected chi connectivity index (χ0v) is 7.40. The molecular weight excluding hydrogens is 182 g/mol. The second-order valence-corrected chi connectivity index (χ2v) is 2.90. The Labute approximate surface area is 80.3 Å². The van der Waals surface area contributed by atoms with E-state index in [9.17, 15) is 4.79 Å². The molecule has 72 valence electrons. The van der Waals surface area contributed by atoms with E-state index in [0.29, 0.717) is 6.42 Å². The molecule has 0 aromatic carbocycles. The van der Waals surface area contributed by atoms with Gasteiger partial charge >= 0.3 is 0 Å². The maximum atomic E-state index is 10.9. The van der Waals surface area contributed by atoms with Crippen LogP contribution in [0.15, 0.2) is 39.6 Å².